The summed E-state index contributed by atoms with van der Waals surface area (Å²) in [6.45, 7) is 1.74. The highest BCUT2D eigenvalue weighted by Crippen LogP contribution is 2.21. The molecule has 2 rings (SSSR count). The highest BCUT2D eigenvalue weighted by atomic mass is 16.6. The molecule has 0 bridgehead atoms. The molecule has 0 aliphatic carbocycles. The van der Waals surface area contributed by atoms with E-state index in [0.29, 0.717) is 11.3 Å². The third kappa shape index (κ3) is 2.92. The lowest BCUT2D eigenvalue weighted by atomic mass is 10.1. The first-order valence-corrected chi connectivity index (χ1v) is 5.83. The topological polar surface area (TPSA) is 92.5 Å². The van der Waals surface area contributed by atoms with Gasteiger partial charge >= 0.3 is 0 Å². The van der Waals surface area contributed by atoms with Crippen LogP contribution in [0, 0.1) is 17.0 Å². The van der Waals surface area contributed by atoms with Gasteiger partial charge < -0.3 is 10.4 Å². The van der Waals surface area contributed by atoms with E-state index in [1.165, 1.54) is 30.3 Å². The second kappa shape index (κ2) is 5.40. The van der Waals surface area contributed by atoms with Crippen LogP contribution in [0.2, 0.25) is 0 Å². The van der Waals surface area contributed by atoms with E-state index in [0.717, 1.165) is 0 Å². The zero-order valence-electron chi connectivity index (χ0n) is 10.7. The number of non-ortho nitro benzene ring substituents is 1. The molecule has 0 aliphatic rings. The second-order valence-corrected chi connectivity index (χ2v) is 4.26. The molecule has 0 atom stereocenters. The average molecular weight is 272 g/mol. The first-order chi connectivity index (χ1) is 9.47. The van der Waals surface area contributed by atoms with Crippen molar-refractivity contribution in [2.24, 2.45) is 0 Å². The summed E-state index contributed by atoms with van der Waals surface area (Å²) in [5.41, 5.74) is 1.15. The number of benzene rings is 2. The predicted octanol–water partition coefficient (Wildman–Crippen LogP) is 2.86. The fourth-order valence-electron chi connectivity index (χ4n) is 1.65. The summed E-state index contributed by atoms with van der Waals surface area (Å²) in [5, 5.41) is 22.8. The SMILES string of the molecule is Cc1ccc(NC(=O)c2cccc([N+](=O)[O-])c2)cc1O. The molecule has 0 aliphatic heterocycles. The number of phenolic OH excluding ortho intramolecular Hbond substituents is 1. The number of hydrogen-bond donors (Lipinski definition) is 2. The molecular weight excluding hydrogens is 260 g/mol. The van der Waals surface area contributed by atoms with E-state index in [4.69, 9.17) is 0 Å². The number of carbonyl (C=O) groups is 1. The van der Waals surface area contributed by atoms with Crippen LogP contribution in [-0.4, -0.2) is 15.9 Å². The Morgan fingerprint density at radius 1 is 1.25 bits per heavy atom. The zero-order valence-corrected chi connectivity index (χ0v) is 10.7. The smallest absolute Gasteiger partial charge is 0.270 e. The molecule has 6 heteroatoms. The summed E-state index contributed by atoms with van der Waals surface area (Å²) in [7, 11) is 0. The Morgan fingerprint density at radius 3 is 2.65 bits per heavy atom. The first kappa shape index (κ1) is 13.5. The molecule has 2 N–H and O–H groups in total. The van der Waals surface area contributed by atoms with Crippen molar-refractivity contribution in [2.45, 2.75) is 6.92 Å². The van der Waals surface area contributed by atoms with Crippen molar-refractivity contribution in [2.75, 3.05) is 5.32 Å². The third-order valence-corrected chi connectivity index (χ3v) is 2.79. The minimum absolute atomic E-state index is 0.0712. The molecule has 2 aromatic rings. The second-order valence-electron chi connectivity index (χ2n) is 4.26. The van der Waals surface area contributed by atoms with Crippen molar-refractivity contribution in [3.05, 3.63) is 63.7 Å². The van der Waals surface area contributed by atoms with Gasteiger partial charge in [0, 0.05) is 29.4 Å². The Morgan fingerprint density at radius 2 is 2.00 bits per heavy atom. The number of phenols is 1. The van der Waals surface area contributed by atoms with Crippen molar-refractivity contribution < 1.29 is 14.8 Å². The molecule has 0 aromatic heterocycles. The summed E-state index contributed by atoms with van der Waals surface area (Å²) in [6, 6.07) is 10.2. The minimum atomic E-state index is -0.561. The van der Waals surface area contributed by atoms with Gasteiger partial charge in [0.1, 0.15) is 5.75 Å². The number of nitro groups is 1. The Kier molecular flexibility index (Phi) is 3.65. The molecule has 0 saturated carbocycles. The number of amides is 1. The van der Waals surface area contributed by atoms with Crippen molar-refractivity contribution in [1.82, 2.24) is 0 Å². The Hall–Kier alpha value is -2.89. The molecule has 0 spiro atoms. The van der Waals surface area contributed by atoms with Crippen LogP contribution in [0.25, 0.3) is 0 Å². The number of nitro benzene ring substituents is 1. The number of hydrogen-bond acceptors (Lipinski definition) is 4. The lowest BCUT2D eigenvalue weighted by Crippen LogP contribution is -2.12. The molecular formula is C14H12N2O4. The molecule has 2 aromatic carbocycles. The lowest BCUT2D eigenvalue weighted by Gasteiger charge is -2.07. The van der Waals surface area contributed by atoms with E-state index in [1.807, 2.05) is 0 Å². The van der Waals surface area contributed by atoms with E-state index < -0.39 is 10.8 Å². The highest BCUT2D eigenvalue weighted by Gasteiger charge is 2.12. The maximum Gasteiger partial charge on any atom is 0.270 e. The van der Waals surface area contributed by atoms with Crippen LogP contribution in [0.1, 0.15) is 15.9 Å². The summed E-state index contributed by atoms with van der Waals surface area (Å²) < 4.78 is 0. The monoisotopic (exact) mass is 272 g/mol. The van der Waals surface area contributed by atoms with Gasteiger partial charge in [-0.2, -0.15) is 0 Å². The van der Waals surface area contributed by atoms with Gasteiger partial charge in [-0.1, -0.05) is 12.1 Å². The first-order valence-electron chi connectivity index (χ1n) is 5.83. The predicted molar refractivity (Wildman–Crippen MR) is 73.9 cm³/mol. The minimum Gasteiger partial charge on any atom is -0.508 e. The summed E-state index contributed by atoms with van der Waals surface area (Å²) in [5.74, 6) is -0.404. The Bertz CT molecular complexity index is 683. The highest BCUT2D eigenvalue weighted by molar-refractivity contribution is 6.04. The van der Waals surface area contributed by atoms with Crippen LogP contribution in [0.4, 0.5) is 11.4 Å². The maximum absolute atomic E-state index is 12.0. The number of carbonyl (C=O) groups excluding carboxylic acids is 1. The van der Waals surface area contributed by atoms with Crippen molar-refractivity contribution in [3.63, 3.8) is 0 Å². The van der Waals surface area contributed by atoms with Gasteiger partial charge in [0.2, 0.25) is 0 Å². The van der Waals surface area contributed by atoms with Gasteiger partial charge in [0.25, 0.3) is 11.6 Å². The number of nitrogens with zero attached hydrogens (tertiary/aromatic N) is 1. The summed E-state index contributed by atoms with van der Waals surface area (Å²) in [4.78, 5) is 22.1. The van der Waals surface area contributed by atoms with Crippen molar-refractivity contribution >= 4 is 17.3 Å². The van der Waals surface area contributed by atoms with E-state index in [1.54, 1.807) is 19.1 Å². The molecule has 0 unspecified atom stereocenters. The quantitative estimate of drug-likeness (QED) is 0.663. The van der Waals surface area contributed by atoms with Gasteiger partial charge in [-0.3, -0.25) is 14.9 Å². The van der Waals surface area contributed by atoms with Crippen LogP contribution >= 0.6 is 0 Å². The van der Waals surface area contributed by atoms with E-state index in [2.05, 4.69) is 5.32 Å². The molecule has 6 nitrogen and oxygen atoms in total. The van der Waals surface area contributed by atoms with Crippen molar-refractivity contribution in [1.29, 1.82) is 0 Å². The van der Waals surface area contributed by atoms with Crippen molar-refractivity contribution in [3.8, 4) is 5.75 Å². The lowest BCUT2D eigenvalue weighted by molar-refractivity contribution is -0.384. The van der Waals surface area contributed by atoms with Gasteiger partial charge in [0.05, 0.1) is 4.92 Å². The van der Waals surface area contributed by atoms with Crippen LogP contribution < -0.4 is 5.32 Å². The Balaban J connectivity index is 2.21. The Labute approximate surface area is 114 Å². The van der Waals surface area contributed by atoms with Crippen LogP contribution in [-0.2, 0) is 0 Å². The molecule has 0 saturated heterocycles. The third-order valence-electron chi connectivity index (χ3n) is 2.79. The summed E-state index contributed by atoms with van der Waals surface area (Å²) >= 11 is 0. The number of rotatable bonds is 3. The molecule has 0 heterocycles. The zero-order chi connectivity index (χ0) is 14.7. The maximum atomic E-state index is 12.0. The largest absolute Gasteiger partial charge is 0.508 e. The van der Waals surface area contributed by atoms with Gasteiger partial charge in [-0.15, -0.1) is 0 Å². The van der Waals surface area contributed by atoms with E-state index in [9.17, 15) is 20.0 Å². The fraction of sp³-hybridized carbons (Fsp3) is 0.0714. The van der Waals surface area contributed by atoms with Crippen LogP contribution in [0.15, 0.2) is 42.5 Å². The van der Waals surface area contributed by atoms with Crippen LogP contribution in [0.3, 0.4) is 0 Å². The molecule has 102 valence electrons. The molecule has 20 heavy (non-hydrogen) atoms. The molecule has 0 radical (unpaired) electrons. The van der Waals surface area contributed by atoms with Gasteiger partial charge in [-0.25, -0.2) is 0 Å². The number of aromatic hydroxyl groups is 1. The average Bonchev–Trinajstić information content (AvgIpc) is 2.43. The molecule has 1 amide bonds. The van der Waals surface area contributed by atoms with Crippen LogP contribution in [0.5, 0.6) is 5.75 Å². The van der Waals surface area contributed by atoms with E-state index in [-0.39, 0.29) is 17.0 Å². The number of nitrogens with one attached hydrogen (secondary N) is 1. The fourth-order valence-corrected chi connectivity index (χ4v) is 1.65. The standard InChI is InChI=1S/C14H12N2O4/c1-9-5-6-11(8-13(9)17)15-14(18)10-3-2-4-12(7-10)16(19)20/h2-8,17H,1H3,(H,15,18). The summed E-state index contributed by atoms with van der Waals surface area (Å²) in [6.07, 6.45) is 0. The molecule has 0 fully saturated rings. The number of anilines is 1. The van der Waals surface area contributed by atoms with Gasteiger partial charge in [0.15, 0.2) is 0 Å². The van der Waals surface area contributed by atoms with Gasteiger partial charge in [-0.05, 0) is 24.6 Å². The van der Waals surface area contributed by atoms with E-state index >= 15 is 0 Å². The number of aryl methyl sites for hydroxylation is 1. The normalized spacial score (nSPS) is 10.1.